The molecule has 1 aliphatic heterocycles. The van der Waals surface area contributed by atoms with Gasteiger partial charge in [-0.1, -0.05) is 23.7 Å². The summed E-state index contributed by atoms with van der Waals surface area (Å²) in [5, 5.41) is 4.57. The van der Waals surface area contributed by atoms with Crippen LogP contribution in [0.25, 0.3) is 0 Å². The van der Waals surface area contributed by atoms with Crippen LogP contribution in [0.2, 0.25) is 5.02 Å². The average molecular weight is 321 g/mol. The van der Waals surface area contributed by atoms with Crippen molar-refractivity contribution in [1.82, 2.24) is 10.6 Å². The van der Waals surface area contributed by atoms with E-state index in [1.165, 1.54) is 24.3 Å². The van der Waals surface area contributed by atoms with Gasteiger partial charge >= 0.3 is 6.18 Å². The van der Waals surface area contributed by atoms with Crippen LogP contribution in [0.4, 0.5) is 13.2 Å². The summed E-state index contributed by atoms with van der Waals surface area (Å²) in [4.78, 5) is 22.9. The minimum atomic E-state index is -4.65. The maximum absolute atomic E-state index is 13.1. The highest BCUT2D eigenvalue weighted by Gasteiger charge is 2.43. The third kappa shape index (κ3) is 3.87. The Labute approximate surface area is 123 Å². The second-order valence-corrected chi connectivity index (χ2v) is 5.13. The van der Waals surface area contributed by atoms with E-state index in [1.807, 2.05) is 5.32 Å². The zero-order chi connectivity index (χ0) is 15.6. The van der Waals surface area contributed by atoms with E-state index in [2.05, 4.69) is 5.32 Å². The second kappa shape index (κ2) is 5.93. The van der Waals surface area contributed by atoms with Crippen LogP contribution in [0.5, 0.6) is 0 Å². The molecule has 2 N–H and O–H groups in total. The maximum atomic E-state index is 13.1. The lowest BCUT2D eigenvalue weighted by Crippen LogP contribution is -2.46. The Bertz CT molecular complexity index is 545. The number of alkyl halides is 3. The molecule has 1 aromatic rings. The van der Waals surface area contributed by atoms with Gasteiger partial charge < -0.3 is 10.6 Å². The number of rotatable bonds is 3. The summed E-state index contributed by atoms with van der Waals surface area (Å²) in [6.07, 6.45) is -4.32. The first-order valence-electron chi connectivity index (χ1n) is 6.19. The molecule has 1 aromatic carbocycles. The van der Waals surface area contributed by atoms with Gasteiger partial charge in [0.05, 0.1) is 0 Å². The second-order valence-electron chi connectivity index (χ2n) is 4.69. The lowest BCUT2D eigenvalue weighted by atomic mass is 10.1. The molecule has 8 heteroatoms. The molecule has 0 unspecified atom stereocenters. The Hall–Kier alpha value is -1.76. The molecule has 1 heterocycles. The third-order valence-electron chi connectivity index (χ3n) is 3.13. The molecule has 2 rings (SSSR count). The number of carbonyl (C=O) groups excluding carboxylic acids is 2. The van der Waals surface area contributed by atoms with Gasteiger partial charge in [-0.25, -0.2) is 0 Å². The van der Waals surface area contributed by atoms with E-state index >= 15 is 0 Å². The summed E-state index contributed by atoms with van der Waals surface area (Å²) in [6, 6.07) is 1.98. The number of hydrogen-bond acceptors (Lipinski definition) is 2. The summed E-state index contributed by atoms with van der Waals surface area (Å²) < 4.78 is 39.3. The maximum Gasteiger partial charge on any atom is 0.412 e. The number of hydrogen-bond donors (Lipinski definition) is 2. The molecule has 2 atom stereocenters. The Morgan fingerprint density at radius 2 is 1.95 bits per heavy atom. The summed E-state index contributed by atoms with van der Waals surface area (Å²) in [5.74, 6) is -1.19. The van der Waals surface area contributed by atoms with Crippen molar-refractivity contribution in [2.45, 2.75) is 31.1 Å². The highest BCUT2D eigenvalue weighted by molar-refractivity contribution is 6.30. The van der Waals surface area contributed by atoms with Crippen LogP contribution in [0.15, 0.2) is 24.3 Å². The van der Waals surface area contributed by atoms with Gasteiger partial charge in [0.2, 0.25) is 11.8 Å². The van der Waals surface area contributed by atoms with E-state index in [4.69, 9.17) is 11.6 Å². The monoisotopic (exact) mass is 320 g/mol. The van der Waals surface area contributed by atoms with Crippen molar-refractivity contribution in [2.24, 2.45) is 0 Å². The number of carbonyl (C=O) groups is 2. The van der Waals surface area contributed by atoms with Crippen molar-refractivity contribution < 1.29 is 22.8 Å². The molecular formula is C13H12ClF3N2O2. The summed E-state index contributed by atoms with van der Waals surface area (Å²) >= 11 is 5.64. The standard InChI is InChI=1S/C13H12ClF3N2O2/c14-8-3-1-7(2-4-8)11(13(15,16)17)19-12(21)9-5-6-10(20)18-9/h1-4,9,11H,5-6H2,(H,18,20)(H,19,21)/t9-,11+/m0/s1. The fraction of sp³-hybridized carbons (Fsp3) is 0.385. The largest absolute Gasteiger partial charge is 0.412 e. The molecule has 0 aromatic heterocycles. The molecule has 0 saturated carbocycles. The molecule has 0 bridgehead atoms. The fourth-order valence-electron chi connectivity index (χ4n) is 2.06. The van der Waals surface area contributed by atoms with Gasteiger partial charge in [-0.2, -0.15) is 13.2 Å². The average Bonchev–Trinajstić information content (AvgIpc) is 2.82. The summed E-state index contributed by atoms with van der Waals surface area (Å²) in [7, 11) is 0. The van der Waals surface area contributed by atoms with Gasteiger partial charge in [-0.05, 0) is 24.1 Å². The molecular weight excluding hydrogens is 309 g/mol. The van der Waals surface area contributed by atoms with Crippen molar-refractivity contribution in [1.29, 1.82) is 0 Å². The van der Waals surface area contributed by atoms with E-state index in [0.717, 1.165) is 0 Å². The quantitative estimate of drug-likeness (QED) is 0.898. The molecule has 1 fully saturated rings. The molecule has 0 aliphatic carbocycles. The van der Waals surface area contributed by atoms with E-state index in [9.17, 15) is 22.8 Å². The first-order valence-corrected chi connectivity index (χ1v) is 6.57. The predicted molar refractivity (Wildman–Crippen MR) is 69.6 cm³/mol. The van der Waals surface area contributed by atoms with Crippen LogP contribution < -0.4 is 10.6 Å². The predicted octanol–water partition coefficient (Wildman–Crippen LogP) is 2.34. The van der Waals surface area contributed by atoms with E-state index in [-0.39, 0.29) is 24.3 Å². The Morgan fingerprint density at radius 3 is 2.43 bits per heavy atom. The third-order valence-corrected chi connectivity index (χ3v) is 3.38. The van der Waals surface area contributed by atoms with Crippen LogP contribution in [0.1, 0.15) is 24.4 Å². The first-order chi connectivity index (χ1) is 9.77. The van der Waals surface area contributed by atoms with Crippen LogP contribution in [-0.2, 0) is 9.59 Å². The first kappa shape index (κ1) is 15.6. The van der Waals surface area contributed by atoms with Crippen molar-refractivity contribution in [3.8, 4) is 0 Å². The Balaban J connectivity index is 2.15. The van der Waals surface area contributed by atoms with Crippen LogP contribution >= 0.6 is 11.6 Å². The van der Waals surface area contributed by atoms with Crippen LogP contribution in [0.3, 0.4) is 0 Å². The topological polar surface area (TPSA) is 58.2 Å². The van der Waals surface area contributed by atoms with Gasteiger partial charge in [-0.3, -0.25) is 9.59 Å². The van der Waals surface area contributed by atoms with Gasteiger partial charge in [0, 0.05) is 11.4 Å². The van der Waals surface area contributed by atoms with E-state index in [0.29, 0.717) is 5.02 Å². The molecule has 1 saturated heterocycles. The minimum Gasteiger partial charge on any atom is -0.344 e. The lowest BCUT2D eigenvalue weighted by Gasteiger charge is -2.23. The molecule has 1 aliphatic rings. The summed E-state index contributed by atoms with van der Waals surface area (Å²) in [5.41, 5.74) is -0.121. The molecule has 4 nitrogen and oxygen atoms in total. The normalized spacial score (nSPS) is 20.0. The van der Waals surface area contributed by atoms with E-state index in [1.54, 1.807) is 0 Å². The van der Waals surface area contributed by atoms with Gasteiger partial charge in [0.25, 0.3) is 0 Å². The molecule has 114 valence electrons. The molecule has 2 amide bonds. The Morgan fingerprint density at radius 1 is 1.33 bits per heavy atom. The van der Waals surface area contributed by atoms with Crippen LogP contribution in [-0.4, -0.2) is 24.0 Å². The SMILES string of the molecule is O=C1CC[C@@H](C(=O)N[C@H](c2ccc(Cl)cc2)C(F)(F)F)N1. The minimum absolute atomic E-state index is 0.121. The lowest BCUT2D eigenvalue weighted by molar-refractivity contribution is -0.164. The zero-order valence-electron chi connectivity index (χ0n) is 10.7. The Kier molecular flexibility index (Phi) is 4.41. The van der Waals surface area contributed by atoms with Crippen molar-refractivity contribution >= 4 is 23.4 Å². The number of benzene rings is 1. The number of halogens is 4. The van der Waals surface area contributed by atoms with E-state index < -0.39 is 24.2 Å². The van der Waals surface area contributed by atoms with Crippen molar-refractivity contribution in [2.75, 3.05) is 0 Å². The van der Waals surface area contributed by atoms with Crippen LogP contribution in [0, 0.1) is 0 Å². The zero-order valence-corrected chi connectivity index (χ0v) is 11.5. The van der Waals surface area contributed by atoms with Gasteiger partial charge in [0.1, 0.15) is 6.04 Å². The smallest absolute Gasteiger partial charge is 0.344 e. The molecule has 0 radical (unpaired) electrons. The highest BCUT2D eigenvalue weighted by atomic mass is 35.5. The van der Waals surface area contributed by atoms with Gasteiger partial charge in [-0.15, -0.1) is 0 Å². The highest BCUT2D eigenvalue weighted by Crippen LogP contribution is 2.33. The van der Waals surface area contributed by atoms with Crippen molar-refractivity contribution in [3.63, 3.8) is 0 Å². The summed E-state index contributed by atoms with van der Waals surface area (Å²) in [6.45, 7) is 0. The fourth-order valence-corrected chi connectivity index (χ4v) is 2.19. The number of nitrogens with one attached hydrogen (secondary N) is 2. The molecule has 0 spiro atoms. The number of amides is 2. The van der Waals surface area contributed by atoms with Gasteiger partial charge in [0.15, 0.2) is 6.04 Å². The van der Waals surface area contributed by atoms with Crippen molar-refractivity contribution in [3.05, 3.63) is 34.9 Å². The molecule has 21 heavy (non-hydrogen) atoms.